The largest absolute Gasteiger partial charge is 0.310 e. The van der Waals surface area contributed by atoms with Gasteiger partial charge < -0.3 is 4.57 Å². The zero-order chi connectivity index (χ0) is 27.0. The minimum absolute atomic E-state index is 0.0219. The highest BCUT2D eigenvalue weighted by Crippen LogP contribution is 2.30. The fraction of sp³-hybridized carbons (Fsp3) is 0.231. The number of hydrogen-bond acceptors (Lipinski definition) is 8. The Bertz CT molecular complexity index is 1810. The fourth-order valence-corrected chi connectivity index (χ4v) is 6.08. The van der Waals surface area contributed by atoms with E-state index < -0.39 is 5.91 Å². The van der Waals surface area contributed by atoms with Gasteiger partial charge in [0.2, 0.25) is 5.13 Å². The molecule has 0 spiro atoms. The van der Waals surface area contributed by atoms with Gasteiger partial charge in [-0.3, -0.25) is 24.7 Å². The van der Waals surface area contributed by atoms with E-state index in [1.54, 1.807) is 16.8 Å². The minimum atomic E-state index is -0.540. The number of thioether (sulfide) groups is 1. The van der Waals surface area contributed by atoms with Gasteiger partial charge in [0.1, 0.15) is 16.8 Å². The normalized spacial score (nSPS) is 11.5. The average Bonchev–Trinajstić information content (AvgIpc) is 3.33. The molecule has 0 unspecified atom stereocenters. The number of halogens is 1. The average molecular weight is 566 g/mol. The van der Waals surface area contributed by atoms with Gasteiger partial charge in [-0.1, -0.05) is 72.8 Å². The molecule has 1 aromatic carbocycles. The Hall–Kier alpha value is -3.54. The highest BCUT2D eigenvalue weighted by atomic mass is 35.5. The highest BCUT2D eigenvalue weighted by molar-refractivity contribution is 8.00. The van der Waals surface area contributed by atoms with Gasteiger partial charge in [0, 0.05) is 23.5 Å². The lowest BCUT2D eigenvalue weighted by Crippen LogP contribution is -2.33. The molecule has 194 valence electrons. The van der Waals surface area contributed by atoms with Crippen LogP contribution in [0.4, 0.5) is 5.13 Å². The number of anilines is 1. The van der Waals surface area contributed by atoms with Crippen molar-refractivity contribution in [2.24, 2.45) is 5.92 Å². The van der Waals surface area contributed by atoms with E-state index >= 15 is 0 Å². The Balaban J connectivity index is 1.49. The van der Waals surface area contributed by atoms with Crippen molar-refractivity contribution in [3.05, 3.63) is 86.2 Å². The number of fused-ring (bicyclic) bond motifs is 2. The second kappa shape index (κ2) is 10.7. The summed E-state index contributed by atoms with van der Waals surface area (Å²) in [7, 11) is 0. The van der Waals surface area contributed by atoms with E-state index in [9.17, 15) is 9.59 Å². The fourth-order valence-electron chi connectivity index (χ4n) is 4.05. The van der Waals surface area contributed by atoms with Crippen LogP contribution in [-0.2, 0) is 12.3 Å². The maximum absolute atomic E-state index is 13.4. The van der Waals surface area contributed by atoms with E-state index in [-0.39, 0.29) is 27.9 Å². The molecule has 5 aromatic rings. The minimum Gasteiger partial charge on any atom is -0.310 e. The van der Waals surface area contributed by atoms with Crippen LogP contribution in [0, 0.1) is 18.3 Å². The van der Waals surface area contributed by atoms with E-state index in [0.29, 0.717) is 38.1 Å². The second-order valence-electron chi connectivity index (χ2n) is 9.16. The number of hydrogen-bond donors (Lipinski definition) is 2. The van der Waals surface area contributed by atoms with Crippen molar-refractivity contribution in [3.8, 4) is 0 Å². The number of amides is 1. The summed E-state index contributed by atoms with van der Waals surface area (Å²) >= 11 is 8.93. The van der Waals surface area contributed by atoms with Crippen molar-refractivity contribution < 1.29 is 4.79 Å². The van der Waals surface area contributed by atoms with Gasteiger partial charge in [-0.25, -0.2) is 4.98 Å². The zero-order valence-electron chi connectivity index (χ0n) is 20.9. The first-order chi connectivity index (χ1) is 18.2. The van der Waals surface area contributed by atoms with Crippen LogP contribution >= 0.6 is 34.7 Å². The first kappa shape index (κ1) is 26.1. The van der Waals surface area contributed by atoms with Gasteiger partial charge in [-0.05, 0) is 42.2 Å². The monoisotopic (exact) mass is 565 g/mol. The highest BCUT2D eigenvalue weighted by Gasteiger charge is 2.20. The quantitative estimate of drug-likeness (QED) is 0.160. The van der Waals surface area contributed by atoms with Crippen molar-refractivity contribution in [1.82, 2.24) is 24.1 Å². The van der Waals surface area contributed by atoms with Gasteiger partial charge in [-0.15, -0.1) is 10.2 Å². The molecule has 0 radical (unpaired) electrons. The molecule has 2 N–H and O–H groups in total. The van der Waals surface area contributed by atoms with Crippen molar-refractivity contribution in [3.63, 3.8) is 0 Å². The van der Waals surface area contributed by atoms with Crippen LogP contribution in [0.15, 0.2) is 57.8 Å². The predicted molar refractivity (Wildman–Crippen MR) is 151 cm³/mol. The molecule has 12 heteroatoms. The van der Waals surface area contributed by atoms with Crippen LogP contribution in [0.2, 0.25) is 5.02 Å². The molecule has 0 atom stereocenters. The Kier molecular flexibility index (Phi) is 7.33. The molecule has 0 bridgehead atoms. The van der Waals surface area contributed by atoms with E-state index in [0.717, 1.165) is 11.1 Å². The first-order valence-corrected chi connectivity index (χ1v) is 14.0. The third-order valence-corrected chi connectivity index (χ3v) is 8.25. The van der Waals surface area contributed by atoms with Crippen molar-refractivity contribution in [2.45, 2.75) is 37.4 Å². The number of pyridine rings is 2. The van der Waals surface area contributed by atoms with Gasteiger partial charge in [-0.2, -0.15) is 0 Å². The number of aromatic nitrogens is 5. The first-order valence-electron chi connectivity index (χ1n) is 11.8. The van der Waals surface area contributed by atoms with Gasteiger partial charge in [0.15, 0.2) is 4.34 Å². The number of aryl methyl sites for hydroxylation is 1. The molecular weight excluding hydrogens is 542 g/mol. The SMILES string of the molecule is Cc1cccn2c(=O)c3cc(C(=O)Nc4nnc(SCc5ccccc5Cl)s4)c(=N)n(CC(C)C)c3nc12. The lowest BCUT2D eigenvalue weighted by molar-refractivity contribution is 0.102. The maximum atomic E-state index is 13.4. The Morgan fingerprint density at radius 1 is 1.18 bits per heavy atom. The summed E-state index contributed by atoms with van der Waals surface area (Å²) in [6, 6.07) is 12.7. The van der Waals surface area contributed by atoms with Crippen LogP contribution in [0.25, 0.3) is 16.7 Å². The molecule has 0 saturated heterocycles. The molecule has 0 aliphatic rings. The van der Waals surface area contributed by atoms with E-state index in [1.165, 1.54) is 33.6 Å². The van der Waals surface area contributed by atoms with Gasteiger partial charge >= 0.3 is 0 Å². The molecular formula is C26H24ClN7O2S2. The third-order valence-electron chi connectivity index (χ3n) is 5.86. The lowest BCUT2D eigenvalue weighted by Gasteiger charge is -2.16. The molecule has 4 heterocycles. The summed E-state index contributed by atoms with van der Waals surface area (Å²) in [6.45, 7) is 6.32. The van der Waals surface area contributed by atoms with E-state index in [2.05, 4.69) is 15.5 Å². The smallest absolute Gasteiger partial charge is 0.267 e. The van der Waals surface area contributed by atoms with Gasteiger partial charge in [0.05, 0.1) is 10.9 Å². The summed E-state index contributed by atoms with van der Waals surface area (Å²) in [5.74, 6) is 0.231. The second-order valence-corrected chi connectivity index (χ2v) is 11.8. The number of nitrogens with zero attached hydrogens (tertiary/aromatic N) is 5. The van der Waals surface area contributed by atoms with E-state index in [4.69, 9.17) is 22.0 Å². The van der Waals surface area contributed by atoms with E-state index in [1.807, 2.05) is 51.1 Å². The summed E-state index contributed by atoms with van der Waals surface area (Å²) < 4.78 is 3.77. The lowest BCUT2D eigenvalue weighted by atomic mass is 10.1. The van der Waals surface area contributed by atoms with Crippen molar-refractivity contribution in [1.29, 1.82) is 5.41 Å². The predicted octanol–water partition coefficient (Wildman–Crippen LogP) is 5.14. The van der Waals surface area contributed by atoms with Crippen LogP contribution in [0.3, 0.4) is 0 Å². The van der Waals surface area contributed by atoms with Gasteiger partial charge in [0.25, 0.3) is 11.5 Å². The molecule has 9 nitrogen and oxygen atoms in total. The summed E-state index contributed by atoms with van der Waals surface area (Å²) in [6.07, 6.45) is 1.65. The van der Waals surface area contributed by atoms with Crippen LogP contribution in [0.5, 0.6) is 0 Å². The zero-order valence-corrected chi connectivity index (χ0v) is 23.2. The molecule has 0 aliphatic carbocycles. The number of carbonyl (C=O) groups is 1. The summed E-state index contributed by atoms with van der Waals surface area (Å²) in [5, 5.41) is 21.1. The molecule has 0 fully saturated rings. The topological polar surface area (TPSA) is 118 Å². The molecule has 5 rings (SSSR count). The number of nitrogens with one attached hydrogen (secondary N) is 2. The molecule has 1 amide bonds. The Morgan fingerprint density at radius 2 is 1.97 bits per heavy atom. The van der Waals surface area contributed by atoms with Crippen LogP contribution < -0.4 is 16.4 Å². The third kappa shape index (κ3) is 5.09. The summed E-state index contributed by atoms with van der Waals surface area (Å²) in [5.41, 5.74) is 2.47. The Morgan fingerprint density at radius 3 is 2.74 bits per heavy atom. The van der Waals surface area contributed by atoms with Crippen LogP contribution in [-0.4, -0.2) is 30.1 Å². The molecule has 0 aliphatic heterocycles. The number of carbonyl (C=O) groups excluding carboxylic acids is 1. The maximum Gasteiger partial charge on any atom is 0.267 e. The number of rotatable bonds is 7. The Labute approximate surface area is 231 Å². The van der Waals surface area contributed by atoms with Crippen molar-refractivity contribution in [2.75, 3.05) is 5.32 Å². The molecule has 4 aromatic heterocycles. The van der Waals surface area contributed by atoms with Crippen molar-refractivity contribution >= 4 is 62.4 Å². The van der Waals surface area contributed by atoms with Crippen LogP contribution in [0.1, 0.15) is 35.3 Å². The molecule has 0 saturated carbocycles. The summed E-state index contributed by atoms with van der Waals surface area (Å²) in [4.78, 5) is 31.5. The number of benzene rings is 1. The standard InChI is InChI=1S/C26H24ClN7O2S2/c1-14(2)12-34-20(28)17(11-18-22(34)29-21-15(3)7-6-10-33(21)24(18)36)23(35)30-25-31-32-26(38-25)37-13-16-8-4-5-9-19(16)27/h4-11,14,28H,12-13H2,1-3H3,(H,30,31,35). The molecule has 38 heavy (non-hydrogen) atoms.